The lowest BCUT2D eigenvalue weighted by Crippen LogP contribution is -2.42. The second kappa shape index (κ2) is 10.4. The summed E-state index contributed by atoms with van der Waals surface area (Å²) in [7, 11) is 1.49. The van der Waals surface area contributed by atoms with E-state index < -0.39 is 12.6 Å². The topological polar surface area (TPSA) is 66.0 Å². The van der Waals surface area contributed by atoms with Crippen LogP contribution >= 0.6 is 24.0 Å². The van der Waals surface area contributed by atoms with Gasteiger partial charge in [-0.25, -0.2) is 0 Å². The van der Waals surface area contributed by atoms with Crippen molar-refractivity contribution in [3.63, 3.8) is 0 Å². The summed E-state index contributed by atoms with van der Waals surface area (Å²) in [6, 6.07) is 7.29. The third kappa shape index (κ3) is 6.89. The number of guanidine groups is 1. The minimum atomic E-state index is -4.20. The van der Waals surface area contributed by atoms with E-state index in [-0.39, 0.29) is 43.0 Å². The van der Waals surface area contributed by atoms with E-state index >= 15 is 0 Å². The van der Waals surface area contributed by atoms with Gasteiger partial charge in [0.1, 0.15) is 5.75 Å². The molecule has 26 heavy (non-hydrogen) atoms. The molecule has 10 heteroatoms. The molecule has 0 spiro atoms. The maximum absolute atomic E-state index is 12.1. The van der Waals surface area contributed by atoms with Crippen molar-refractivity contribution in [3.8, 4) is 5.75 Å². The molecule has 6 nitrogen and oxygen atoms in total. The van der Waals surface area contributed by atoms with Crippen molar-refractivity contribution >= 4 is 41.5 Å². The number of fused-ring (bicyclic) bond motifs is 1. The smallest absolute Gasteiger partial charge is 0.390 e. The number of hydrogen-bond acceptors (Lipinski definition) is 3. The summed E-state index contributed by atoms with van der Waals surface area (Å²) in [5.41, 5.74) is 0.728. The summed E-state index contributed by atoms with van der Waals surface area (Å²) in [6.45, 7) is 0.716. The third-order valence-electron chi connectivity index (χ3n) is 3.58. The minimum Gasteiger partial charge on any atom is -0.482 e. The van der Waals surface area contributed by atoms with E-state index in [1.807, 2.05) is 18.2 Å². The average molecular weight is 486 g/mol. The van der Waals surface area contributed by atoms with E-state index in [1.165, 1.54) is 7.05 Å². The quantitative estimate of drug-likeness (QED) is 0.281. The molecular weight excluding hydrogens is 464 g/mol. The van der Waals surface area contributed by atoms with Crippen LogP contribution < -0.4 is 20.3 Å². The van der Waals surface area contributed by atoms with E-state index in [2.05, 4.69) is 15.6 Å². The Balaban J connectivity index is 0.00000338. The molecule has 0 aromatic heterocycles. The van der Waals surface area contributed by atoms with Crippen LogP contribution in [0.3, 0.4) is 0 Å². The Kier molecular flexibility index (Phi) is 8.96. The predicted octanol–water partition coefficient (Wildman–Crippen LogP) is 2.54. The Morgan fingerprint density at radius 3 is 2.65 bits per heavy atom. The molecule has 1 heterocycles. The number of carbonyl (C=O) groups excluding carboxylic acids is 1. The second-order valence-electron chi connectivity index (χ2n) is 5.45. The molecule has 0 bridgehead atoms. The zero-order valence-electron chi connectivity index (χ0n) is 14.3. The summed E-state index contributed by atoms with van der Waals surface area (Å²) >= 11 is 0. The van der Waals surface area contributed by atoms with Gasteiger partial charge in [0.25, 0.3) is 5.91 Å². The zero-order valence-corrected chi connectivity index (χ0v) is 16.6. The molecule has 1 aromatic carbocycles. The van der Waals surface area contributed by atoms with Crippen LogP contribution in [0.2, 0.25) is 0 Å². The van der Waals surface area contributed by atoms with Crippen molar-refractivity contribution in [2.45, 2.75) is 19.0 Å². The van der Waals surface area contributed by atoms with E-state index in [9.17, 15) is 18.0 Å². The number of rotatable bonds is 6. The Labute approximate surface area is 167 Å². The maximum atomic E-state index is 12.1. The molecule has 0 unspecified atom stereocenters. The van der Waals surface area contributed by atoms with Crippen molar-refractivity contribution in [3.05, 3.63) is 24.3 Å². The number of benzene rings is 1. The summed E-state index contributed by atoms with van der Waals surface area (Å²) in [5.74, 6) is 0.851. The Morgan fingerprint density at radius 2 is 1.96 bits per heavy atom. The molecule has 0 radical (unpaired) electrons. The first-order valence-corrected chi connectivity index (χ1v) is 7.94. The highest BCUT2D eigenvalue weighted by atomic mass is 127. The summed E-state index contributed by atoms with van der Waals surface area (Å²) < 4.78 is 41.8. The molecule has 0 fully saturated rings. The molecule has 0 saturated carbocycles. The molecule has 1 aliphatic rings. The predicted molar refractivity (Wildman–Crippen MR) is 104 cm³/mol. The van der Waals surface area contributed by atoms with Gasteiger partial charge in [-0.2, -0.15) is 13.2 Å². The number of nitrogens with zero attached hydrogens (tertiary/aromatic N) is 2. The maximum Gasteiger partial charge on any atom is 0.390 e. The average Bonchev–Trinajstić information content (AvgIpc) is 2.57. The fraction of sp³-hybridized carbons (Fsp3) is 0.500. The Morgan fingerprint density at radius 1 is 1.27 bits per heavy atom. The van der Waals surface area contributed by atoms with Gasteiger partial charge < -0.3 is 20.3 Å². The van der Waals surface area contributed by atoms with E-state index in [1.54, 1.807) is 11.0 Å². The molecule has 0 aliphatic carbocycles. The van der Waals surface area contributed by atoms with Gasteiger partial charge in [0.2, 0.25) is 0 Å². The molecule has 146 valence electrons. The molecule has 0 atom stereocenters. The first kappa shape index (κ1) is 22.3. The van der Waals surface area contributed by atoms with Crippen molar-refractivity contribution in [1.82, 2.24) is 10.6 Å². The second-order valence-corrected chi connectivity index (χ2v) is 5.45. The van der Waals surface area contributed by atoms with Gasteiger partial charge in [-0.1, -0.05) is 12.1 Å². The number of aliphatic imine (C=N–C) groups is 1. The number of anilines is 1. The van der Waals surface area contributed by atoms with Crippen LogP contribution in [0.25, 0.3) is 0 Å². The number of nitrogens with one attached hydrogen (secondary N) is 2. The fourth-order valence-corrected chi connectivity index (χ4v) is 2.39. The molecule has 0 saturated heterocycles. The van der Waals surface area contributed by atoms with Crippen LogP contribution in [0.4, 0.5) is 18.9 Å². The summed E-state index contributed by atoms with van der Waals surface area (Å²) in [5, 5.41) is 5.54. The largest absolute Gasteiger partial charge is 0.482 e. The summed E-state index contributed by atoms with van der Waals surface area (Å²) in [6.07, 6.45) is -4.51. The first-order valence-electron chi connectivity index (χ1n) is 7.94. The van der Waals surface area contributed by atoms with E-state index in [4.69, 9.17) is 4.74 Å². The van der Waals surface area contributed by atoms with E-state index in [0.29, 0.717) is 31.2 Å². The lowest BCUT2D eigenvalue weighted by molar-refractivity contribution is -0.132. The first-order chi connectivity index (χ1) is 11.9. The van der Waals surface area contributed by atoms with Crippen molar-refractivity contribution in [1.29, 1.82) is 0 Å². The normalized spacial score (nSPS) is 14.2. The fourth-order valence-electron chi connectivity index (χ4n) is 2.39. The van der Waals surface area contributed by atoms with Gasteiger partial charge >= 0.3 is 6.18 Å². The van der Waals surface area contributed by atoms with Crippen LogP contribution in [0.15, 0.2) is 29.3 Å². The van der Waals surface area contributed by atoms with Crippen LogP contribution in [0, 0.1) is 0 Å². The van der Waals surface area contributed by atoms with Gasteiger partial charge in [-0.15, -0.1) is 24.0 Å². The Bertz CT molecular complexity index is 626. The number of ether oxygens (including phenoxy) is 1. The molecule has 2 rings (SSSR count). The molecular formula is C16H22F3IN4O2. The van der Waals surface area contributed by atoms with Crippen LogP contribution in [-0.4, -0.2) is 51.3 Å². The number of alkyl halides is 3. The lowest BCUT2D eigenvalue weighted by atomic mass is 10.2. The van der Waals surface area contributed by atoms with Crippen LogP contribution in [0.5, 0.6) is 5.75 Å². The zero-order chi connectivity index (χ0) is 18.3. The number of para-hydroxylation sites is 2. The highest BCUT2D eigenvalue weighted by Gasteiger charge is 2.26. The highest BCUT2D eigenvalue weighted by molar-refractivity contribution is 14.0. The molecule has 1 aliphatic heterocycles. The lowest BCUT2D eigenvalue weighted by Gasteiger charge is -2.29. The highest BCUT2D eigenvalue weighted by Crippen LogP contribution is 2.31. The SMILES string of the molecule is CN=C(NCCCN1C(=O)COc2ccccc21)NCCC(F)(F)F.I. The summed E-state index contributed by atoms with van der Waals surface area (Å²) in [4.78, 5) is 17.5. The van der Waals surface area contributed by atoms with Gasteiger partial charge in [0, 0.05) is 26.7 Å². The standard InChI is InChI=1S/C16H21F3N4O2.HI/c1-20-15(22-9-7-16(17,18)19)21-8-4-10-23-12-5-2-3-6-13(12)25-11-14(23)24;/h2-3,5-6H,4,7-11H2,1H3,(H2,20,21,22);1H. The Hall–Kier alpha value is -1.72. The number of hydrogen-bond donors (Lipinski definition) is 2. The number of amides is 1. The van der Waals surface area contributed by atoms with Crippen molar-refractivity contribution in [2.75, 3.05) is 38.2 Å². The van der Waals surface area contributed by atoms with Crippen LogP contribution in [-0.2, 0) is 4.79 Å². The van der Waals surface area contributed by atoms with Gasteiger partial charge in [-0.3, -0.25) is 9.79 Å². The third-order valence-corrected chi connectivity index (χ3v) is 3.58. The van der Waals surface area contributed by atoms with Gasteiger partial charge in [0.05, 0.1) is 12.1 Å². The van der Waals surface area contributed by atoms with Gasteiger partial charge in [-0.05, 0) is 18.6 Å². The van der Waals surface area contributed by atoms with E-state index in [0.717, 1.165) is 5.69 Å². The monoisotopic (exact) mass is 486 g/mol. The van der Waals surface area contributed by atoms with Crippen molar-refractivity contribution < 1.29 is 22.7 Å². The van der Waals surface area contributed by atoms with Gasteiger partial charge in [0.15, 0.2) is 12.6 Å². The molecule has 1 aromatic rings. The number of halogens is 4. The van der Waals surface area contributed by atoms with Crippen molar-refractivity contribution in [2.24, 2.45) is 4.99 Å². The number of carbonyl (C=O) groups is 1. The minimum absolute atomic E-state index is 0. The van der Waals surface area contributed by atoms with Crippen LogP contribution in [0.1, 0.15) is 12.8 Å². The molecule has 1 amide bonds. The molecule has 2 N–H and O–H groups in total.